The van der Waals surface area contributed by atoms with Crippen LogP contribution in [0.5, 0.6) is 0 Å². The van der Waals surface area contributed by atoms with Crippen LogP contribution in [0.3, 0.4) is 0 Å². The van der Waals surface area contributed by atoms with Crippen LogP contribution >= 0.6 is 0 Å². The number of rotatable bonds is 6. The minimum absolute atomic E-state index is 0.0185. The van der Waals surface area contributed by atoms with E-state index in [9.17, 15) is 19.5 Å². The second-order valence-electron chi connectivity index (χ2n) is 5.15. The molecule has 1 aliphatic carbocycles. The van der Waals surface area contributed by atoms with Crippen molar-refractivity contribution in [2.75, 3.05) is 6.61 Å². The van der Waals surface area contributed by atoms with E-state index in [-0.39, 0.29) is 19.4 Å². The molecule has 0 spiro atoms. The van der Waals surface area contributed by atoms with E-state index in [1.54, 1.807) is 6.92 Å². The van der Waals surface area contributed by atoms with Crippen molar-refractivity contribution in [3.05, 3.63) is 0 Å². The van der Waals surface area contributed by atoms with Crippen LogP contribution in [0.15, 0.2) is 0 Å². The number of carboxylic acid groups (broad SMARTS) is 1. The number of hydrogen-bond acceptors (Lipinski definition) is 4. The summed E-state index contributed by atoms with van der Waals surface area (Å²) in [6.45, 7) is 1.97. The highest BCUT2D eigenvalue weighted by atomic mass is 16.5. The first-order valence-corrected chi connectivity index (χ1v) is 7.20. The van der Waals surface area contributed by atoms with Crippen molar-refractivity contribution in [3.63, 3.8) is 0 Å². The zero-order chi connectivity index (χ0) is 15.0. The number of esters is 1. The van der Waals surface area contributed by atoms with Crippen LogP contribution in [0.25, 0.3) is 0 Å². The summed E-state index contributed by atoms with van der Waals surface area (Å²) in [7, 11) is 0. The van der Waals surface area contributed by atoms with Gasteiger partial charge in [-0.25, -0.2) is 4.79 Å². The summed E-state index contributed by atoms with van der Waals surface area (Å²) in [5.41, 5.74) is -1.16. The van der Waals surface area contributed by atoms with Gasteiger partial charge in [-0.2, -0.15) is 0 Å². The van der Waals surface area contributed by atoms with E-state index in [4.69, 9.17) is 4.74 Å². The molecule has 1 rings (SSSR count). The Labute approximate surface area is 118 Å². The van der Waals surface area contributed by atoms with Crippen molar-refractivity contribution >= 4 is 17.8 Å². The van der Waals surface area contributed by atoms with E-state index in [2.05, 4.69) is 5.32 Å². The lowest BCUT2D eigenvalue weighted by molar-refractivity contribution is -0.149. The Morgan fingerprint density at radius 3 is 2.20 bits per heavy atom. The fourth-order valence-corrected chi connectivity index (χ4v) is 2.50. The molecule has 1 saturated carbocycles. The van der Waals surface area contributed by atoms with Crippen LogP contribution in [0, 0.1) is 0 Å². The predicted molar refractivity (Wildman–Crippen MR) is 72.1 cm³/mol. The molecule has 1 aliphatic rings. The van der Waals surface area contributed by atoms with E-state index in [1.165, 1.54) is 0 Å². The molecule has 0 unspecified atom stereocenters. The average molecular weight is 285 g/mol. The molecule has 0 aromatic carbocycles. The van der Waals surface area contributed by atoms with Crippen LogP contribution in [0.4, 0.5) is 0 Å². The maximum Gasteiger partial charge on any atom is 0.329 e. The number of nitrogens with one attached hydrogen (secondary N) is 1. The van der Waals surface area contributed by atoms with Crippen molar-refractivity contribution in [1.82, 2.24) is 5.32 Å². The van der Waals surface area contributed by atoms with E-state index < -0.39 is 23.4 Å². The first kappa shape index (κ1) is 16.5. The Balaban J connectivity index is 2.54. The Morgan fingerprint density at radius 1 is 1.10 bits per heavy atom. The molecule has 0 aliphatic heterocycles. The molecule has 114 valence electrons. The third-order valence-corrected chi connectivity index (χ3v) is 3.61. The summed E-state index contributed by atoms with van der Waals surface area (Å²) in [5, 5.41) is 12.0. The largest absolute Gasteiger partial charge is 0.480 e. The van der Waals surface area contributed by atoms with Gasteiger partial charge in [0.25, 0.3) is 0 Å². The zero-order valence-corrected chi connectivity index (χ0v) is 11.9. The molecule has 0 radical (unpaired) electrons. The van der Waals surface area contributed by atoms with Crippen molar-refractivity contribution in [1.29, 1.82) is 0 Å². The van der Waals surface area contributed by atoms with Crippen LogP contribution in [0.1, 0.15) is 58.3 Å². The predicted octanol–water partition coefficient (Wildman–Crippen LogP) is 1.62. The monoisotopic (exact) mass is 285 g/mol. The maximum absolute atomic E-state index is 11.9. The van der Waals surface area contributed by atoms with E-state index in [1.807, 2.05) is 0 Å². The van der Waals surface area contributed by atoms with Crippen LogP contribution in [-0.2, 0) is 19.1 Å². The SMILES string of the molecule is CCOC(=O)CCC(=O)NC1(C(=O)O)CCCCCC1. The van der Waals surface area contributed by atoms with Gasteiger partial charge in [-0.3, -0.25) is 9.59 Å². The number of amides is 1. The van der Waals surface area contributed by atoms with Gasteiger partial charge in [-0.15, -0.1) is 0 Å². The number of carbonyl (C=O) groups excluding carboxylic acids is 2. The van der Waals surface area contributed by atoms with E-state index in [0.29, 0.717) is 12.8 Å². The summed E-state index contributed by atoms with van der Waals surface area (Å²) in [4.78, 5) is 34.5. The van der Waals surface area contributed by atoms with Crippen LogP contribution in [0.2, 0.25) is 0 Å². The molecule has 0 saturated heterocycles. The molecule has 20 heavy (non-hydrogen) atoms. The highest BCUT2D eigenvalue weighted by Crippen LogP contribution is 2.27. The molecule has 0 atom stereocenters. The molecule has 1 amide bonds. The van der Waals surface area contributed by atoms with Gasteiger partial charge in [0.15, 0.2) is 0 Å². The fraction of sp³-hybridized carbons (Fsp3) is 0.786. The van der Waals surface area contributed by atoms with Gasteiger partial charge in [0, 0.05) is 6.42 Å². The number of hydrogen-bond donors (Lipinski definition) is 2. The highest BCUT2D eigenvalue weighted by molar-refractivity contribution is 5.88. The van der Waals surface area contributed by atoms with Crippen molar-refractivity contribution < 1.29 is 24.2 Å². The lowest BCUT2D eigenvalue weighted by Crippen LogP contribution is -2.54. The molecule has 0 bridgehead atoms. The minimum Gasteiger partial charge on any atom is -0.480 e. The Morgan fingerprint density at radius 2 is 1.70 bits per heavy atom. The van der Waals surface area contributed by atoms with Gasteiger partial charge < -0.3 is 15.2 Å². The lowest BCUT2D eigenvalue weighted by atomic mass is 9.90. The third-order valence-electron chi connectivity index (χ3n) is 3.61. The van der Waals surface area contributed by atoms with Gasteiger partial charge in [0.1, 0.15) is 5.54 Å². The van der Waals surface area contributed by atoms with Gasteiger partial charge in [-0.05, 0) is 19.8 Å². The smallest absolute Gasteiger partial charge is 0.329 e. The molecular formula is C14H23NO5. The molecular weight excluding hydrogens is 262 g/mol. The van der Waals surface area contributed by atoms with Crippen molar-refractivity contribution in [2.24, 2.45) is 0 Å². The molecule has 0 aromatic rings. The summed E-state index contributed by atoms with van der Waals surface area (Å²) in [5.74, 6) is -1.82. The Hall–Kier alpha value is -1.59. The Kier molecular flexibility index (Phi) is 6.48. The van der Waals surface area contributed by atoms with Gasteiger partial charge in [-0.1, -0.05) is 25.7 Å². The molecule has 6 nitrogen and oxygen atoms in total. The number of carboxylic acids is 1. The first-order chi connectivity index (χ1) is 9.50. The standard InChI is InChI=1S/C14H23NO5/c1-2-20-12(17)8-7-11(16)15-14(13(18)19)9-5-3-4-6-10-14/h2-10H2,1H3,(H,15,16)(H,18,19). The second-order valence-corrected chi connectivity index (χ2v) is 5.15. The van der Waals surface area contributed by atoms with Gasteiger partial charge in [0.05, 0.1) is 13.0 Å². The zero-order valence-electron chi connectivity index (χ0n) is 11.9. The summed E-state index contributed by atoms with van der Waals surface area (Å²) >= 11 is 0. The topological polar surface area (TPSA) is 92.7 Å². The maximum atomic E-state index is 11.9. The molecule has 0 heterocycles. The molecule has 2 N–H and O–H groups in total. The summed E-state index contributed by atoms with van der Waals surface area (Å²) in [6, 6.07) is 0. The van der Waals surface area contributed by atoms with Gasteiger partial charge >= 0.3 is 11.9 Å². The minimum atomic E-state index is -1.16. The molecule has 0 aromatic heterocycles. The lowest BCUT2D eigenvalue weighted by Gasteiger charge is -2.29. The summed E-state index contributed by atoms with van der Waals surface area (Å²) < 4.78 is 4.74. The summed E-state index contributed by atoms with van der Waals surface area (Å²) in [6.07, 6.45) is 4.43. The molecule has 1 fully saturated rings. The quantitative estimate of drug-likeness (QED) is 0.571. The van der Waals surface area contributed by atoms with Gasteiger partial charge in [0.2, 0.25) is 5.91 Å². The number of aliphatic carboxylic acids is 1. The van der Waals surface area contributed by atoms with Crippen molar-refractivity contribution in [3.8, 4) is 0 Å². The van der Waals surface area contributed by atoms with E-state index in [0.717, 1.165) is 25.7 Å². The van der Waals surface area contributed by atoms with Crippen LogP contribution in [-0.4, -0.2) is 35.1 Å². The normalized spacial score (nSPS) is 17.9. The average Bonchev–Trinajstić information content (AvgIpc) is 2.63. The number of ether oxygens (including phenoxy) is 1. The number of carbonyl (C=O) groups is 3. The van der Waals surface area contributed by atoms with Crippen molar-refractivity contribution in [2.45, 2.75) is 63.8 Å². The fourth-order valence-electron chi connectivity index (χ4n) is 2.50. The molecule has 6 heteroatoms. The first-order valence-electron chi connectivity index (χ1n) is 7.20. The third kappa shape index (κ3) is 4.83. The van der Waals surface area contributed by atoms with Crippen LogP contribution < -0.4 is 5.32 Å². The Bertz CT molecular complexity index is 359. The second kappa shape index (κ2) is 7.87. The highest BCUT2D eigenvalue weighted by Gasteiger charge is 2.39. The van der Waals surface area contributed by atoms with E-state index >= 15 is 0 Å².